The second-order valence-electron chi connectivity index (χ2n) is 4.20. The van der Waals surface area contributed by atoms with Gasteiger partial charge in [0, 0.05) is 10.9 Å². The molecule has 0 radical (unpaired) electrons. The molecule has 0 saturated heterocycles. The quantitative estimate of drug-likeness (QED) is 0.633. The van der Waals surface area contributed by atoms with Crippen LogP contribution in [0.4, 0.5) is 5.13 Å². The number of benzene rings is 1. The number of thiazole rings is 1. The Hall–Kier alpha value is -2.65. The highest BCUT2D eigenvalue weighted by molar-refractivity contribution is 7.14. The first-order valence-electron chi connectivity index (χ1n) is 6.41. The first-order valence-corrected chi connectivity index (χ1v) is 7.29. The molecule has 2 aromatic rings. The van der Waals surface area contributed by atoms with E-state index in [-0.39, 0.29) is 0 Å². The molecule has 0 aliphatic carbocycles. The van der Waals surface area contributed by atoms with Gasteiger partial charge in [0.05, 0.1) is 27.0 Å². The van der Waals surface area contributed by atoms with Crippen molar-refractivity contribution in [3.05, 3.63) is 23.6 Å². The summed E-state index contributed by atoms with van der Waals surface area (Å²) in [5.41, 5.74) is 3.36. The monoisotopic (exact) mass is 337 g/mol. The Bertz CT molecular complexity index is 716. The summed E-state index contributed by atoms with van der Waals surface area (Å²) in [5, 5.41) is 4.44. The van der Waals surface area contributed by atoms with Crippen LogP contribution in [-0.2, 0) is 14.4 Å². The Kier molecular flexibility index (Phi) is 5.50. The third kappa shape index (κ3) is 3.96. The molecule has 0 saturated carbocycles. The molecule has 0 spiro atoms. The van der Waals surface area contributed by atoms with Gasteiger partial charge in [-0.2, -0.15) is 0 Å². The van der Waals surface area contributed by atoms with Crippen molar-refractivity contribution in [1.29, 1.82) is 0 Å². The zero-order valence-corrected chi connectivity index (χ0v) is 13.5. The van der Waals surface area contributed by atoms with E-state index in [0.29, 0.717) is 22.3 Å². The summed E-state index contributed by atoms with van der Waals surface area (Å²) in [6.45, 7) is 0. The molecule has 2 N–H and O–H groups in total. The number of hydrogen-bond donors (Lipinski definition) is 2. The maximum atomic E-state index is 11.6. The van der Waals surface area contributed by atoms with Gasteiger partial charge in [-0.3, -0.25) is 19.7 Å². The van der Waals surface area contributed by atoms with Crippen LogP contribution >= 0.6 is 11.3 Å². The molecule has 1 aromatic carbocycles. The normalized spacial score (nSPS) is 10.0. The first-order chi connectivity index (χ1) is 11.1. The number of hydrogen-bond acceptors (Lipinski definition) is 7. The van der Waals surface area contributed by atoms with Crippen LogP contribution in [0.5, 0.6) is 11.5 Å². The molecule has 0 aliphatic heterocycles. The molecule has 2 amide bonds. The number of hydroxylamine groups is 1. The molecule has 8 nitrogen and oxygen atoms in total. The number of carbonyl (C=O) groups excluding carboxylic acids is 2. The predicted octanol–water partition coefficient (Wildman–Crippen LogP) is 1.44. The second-order valence-corrected chi connectivity index (χ2v) is 5.06. The fourth-order valence-corrected chi connectivity index (χ4v) is 2.47. The summed E-state index contributed by atoms with van der Waals surface area (Å²) < 4.78 is 10.4. The third-order valence-corrected chi connectivity index (χ3v) is 3.56. The summed E-state index contributed by atoms with van der Waals surface area (Å²) >= 11 is 1.20. The van der Waals surface area contributed by atoms with Gasteiger partial charge in [0.1, 0.15) is 0 Å². The molecule has 1 heterocycles. The van der Waals surface area contributed by atoms with Crippen LogP contribution in [0.3, 0.4) is 0 Å². The Balaban J connectivity index is 2.16. The lowest BCUT2D eigenvalue weighted by molar-refractivity contribution is -0.142. The molecular weight excluding hydrogens is 322 g/mol. The van der Waals surface area contributed by atoms with E-state index in [1.54, 1.807) is 31.7 Å². The van der Waals surface area contributed by atoms with Crippen molar-refractivity contribution in [2.24, 2.45) is 0 Å². The molecule has 2 rings (SSSR count). The van der Waals surface area contributed by atoms with Gasteiger partial charge in [0.15, 0.2) is 16.6 Å². The molecular formula is C14H15N3O5S. The fourth-order valence-electron chi connectivity index (χ4n) is 1.75. The standard InChI is InChI=1S/C14H15N3O5S/c1-20-10-5-4-8(6-11(10)21-2)9-7-23-14(15-9)16-12(18)13(19)17-22-3/h4-7H,1-3H3,(H,17,19)(H,15,16,18). The van der Waals surface area contributed by atoms with Gasteiger partial charge in [0.2, 0.25) is 0 Å². The predicted molar refractivity (Wildman–Crippen MR) is 84.4 cm³/mol. The smallest absolute Gasteiger partial charge is 0.333 e. The number of carbonyl (C=O) groups is 2. The number of aromatic nitrogens is 1. The van der Waals surface area contributed by atoms with Crippen LogP contribution in [-0.4, -0.2) is 38.1 Å². The van der Waals surface area contributed by atoms with E-state index in [0.717, 1.165) is 5.56 Å². The summed E-state index contributed by atoms with van der Waals surface area (Å²) in [5.74, 6) is -0.588. The van der Waals surface area contributed by atoms with Gasteiger partial charge < -0.3 is 9.47 Å². The van der Waals surface area contributed by atoms with Crippen LogP contribution in [0.15, 0.2) is 23.6 Å². The molecule has 9 heteroatoms. The maximum Gasteiger partial charge on any atom is 0.333 e. The molecule has 0 unspecified atom stereocenters. The molecule has 0 aliphatic rings. The summed E-state index contributed by atoms with van der Waals surface area (Å²) in [6.07, 6.45) is 0. The Labute approximate surface area is 136 Å². The molecule has 0 bridgehead atoms. The first kappa shape index (κ1) is 16.7. The average molecular weight is 337 g/mol. The van der Waals surface area contributed by atoms with E-state index in [4.69, 9.17) is 9.47 Å². The van der Waals surface area contributed by atoms with Crippen LogP contribution in [0.1, 0.15) is 0 Å². The van der Waals surface area contributed by atoms with Crippen molar-refractivity contribution >= 4 is 28.3 Å². The zero-order chi connectivity index (χ0) is 16.8. The molecule has 23 heavy (non-hydrogen) atoms. The van der Waals surface area contributed by atoms with E-state index in [9.17, 15) is 9.59 Å². The summed E-state index contributed by atoms with van der Waals surface area (Å²) in [6, 6.07) is 5.36. The van der Waals surface area contributed by atoms with E-state index in [2.05, 4.69) is 15.1 Å². The molecule has 0 atom stereocenters. The zero-order valence-electron chi connectivity index (χ0n) is 12.7. The van der Waals surface area contributed by atoms with Crippen LogP contribution in [0.2, 0.25) is 0 Å². The minimum Gasteiger partial charge on any atom is -0.493 e. The van der Waals surface area contributed by atoms with Crippen molar-refractivity contribution in [3.63, 3.8) is 0 Å². The van der Waals surface area contributed by atoms with Crippen molar-refractivity contribution in [3.8, 4) is 22.8 Å². The molecule has 0 fully saturated rings. The number of nitrogens with one attached hydrogen (secondary N) is 2. The fraction of sp³-hybridized carbons (Fsp3) is 0.214. The van der Waals surface area contributed by atoms with E-state index in [1.807, 2.05) is 11.5 Å². The highest BCUT2D eigenvalue weighted by Crippen LogP contribution is 2.33. The van der Waals surface area contributed by atoms with Crippen molar-refractivity contribution < 1.29 is 23.9 Å². The van der Waals surface area contributed by atoms with Crippen LogP contribution in [0, 0.1) is 0 Å². The van der Waals surface area contributed by atoms with Crippen molar-refractivity contribution in [2.45, 2.75) is 0 Å². The summed E-state index contributed by atoms with van der Waals surface area (Å²) in [4.78, 5) is 31.5. The van der Waals surface area contributed by atoms with Gasteiger partial charge in [-0.15, -0.1) is 11.3 Å². The van der Waals surface area contributed by atoms with Gasteiger partial charge in [-0.1, -0.05) is 0 Å². The van der Waals surface area contributed by atoms with E-state index < -0.39 is 11.8 Å². The average Bonchev–Trinajstić information content (AvgIpc) is 3.02. The van der Waals surface area contributed by atoms with Crippen LogP contribution in [0.25, 0.3) is 11.3 Å². The number of nitrogens with zero attached hydrogens (tertiary/aromatic N) is 1. The number of anilines is 1. The Morgan fingerprint density at radius 2 is 1.83 bits per heavy atom. The minimum atomic E-state index is -0.907. The van der Waals surface area contributed by atoms with Gasteiger partial charge in [-0.25, -0.2) is 10.5 Å². The largest absolute Gasteiger partial charge is 0.493 e. The topological polar surface area (TPSA) is 98.8 Å². The third-order valence-electron chi connectivity index (χ3n) is 2.80. The Morgan fingerprint density at radius 3 is 2.48 bits per heavy atom. The second kappa shape index (κ2) is 7.56. The number of rotatable bonds is 5. The van der Waals surface area contributed by atoms with Gasteiger partial charge in [-0.05, 0) is 18.2 Å². The van der Waals surface area contributed by atoms with Crippen molar-refractivity contribution in [2.75, 3.05) is 26.6 Å². The van der Waals surface area contributed by atoms with Gasteiger partial charge in [0.25, 0.3) is 0 Å². The number of amides is 2. The lowest BCUT2D eigenvalue weighted by atomic mass is 10.1. The maximum absolute atomic E-state index is 11.6. The lowest BCUT2D eigenvalue weighted by Crippen LogP contribution is -2.34. The van der Waals surface area contributed by atoms with Crippen LogP contribution < -0.4 is 20.3 Å². The van der Waals surface area contributed by atoms with Crippen molar-refractivity contribution in [1.82, 2.24) is 10.5 Å². The van der Waals surface area contributed by atoms with E-state index in [1.165, 1.54) is 18.4 Å². The van der Waals surface area contributed by atoms with E-state index >= 15 is 0 Å². The number of methoxy groups -OCH3 is 2. The lowest BCUT2D eigenvalue weighted by Gasteiger charge is -2.08. The van der Waals surface area contributed by atoms with Gasteiger partial charge >= 0.3 is 11.8 Å². The minimum absolute atomic E-state index is 0.297. The molecule has 122 valence electrons. The highest BCUT2D eigenvalue weighted by atomic mass is 32.1. The number of ether oxygens (including phenoxy) is 2. The SMILES string of the molecule is CONC(=O)C(=O)Nc1nc(-c2ccc(OC)c(OC)c2)cs1. The molecule has 1 aromatic heterocycles. The highest BCUT2D eigenvalue weighted by Gasteiger charge is 2.16. The summed E-state index contributed by atoms with van der Waals surface area (Å²) in [7, 11) is 4.34. The Morgan fingerprint density at radius 1 is 1.09 bits per heavy atom.